The van der Waals surface area contributed by atoms with Gasteiger partial charge in [-0.2, -0.15) is 0 Å². The minimum atomic E-state index is -1.94. The van der Waals surface area contributed by atoms with Crippen LogP contribution in [-0.2, 0) is 19.2 Å². The molecule has 196 valence electrons. The molecule has 2 saturated heterocycles. The molecule has 4 aliphatic rings. The number of hydrogen-bond donors (Lipinski definition) is 1. The molecule has 2 heterocycles. The van der Waals surface area contributed by atoms with Gasteiger partial charge in [0.1, 0.15) is 5.75 Å². The Hall–Kier alpha value is -2.39. The average Bonchev–Trinajstić information content (AvgIpc) is 3.23. The largest absolute Gasteiger partial charge is 0.508 e. The fraction of sp³-hybridized carbons (Fsp3) is 0.333. The number of halogens is 4. The second-order valence-corrected chi connectivity index (χ2v) is 12.2. The van der Waals surface area contributed by atoms with Gasteiger partial charge in [-0.25, -0.2) is 0 Å². The molecule has 1 N–H and O–H groups in total. The summed E-state index contributed by atoms with van der Waals surface area (Å²) in [5, 5.41) is 10.1. The van der Waals surface area contributed by atoms with E-state index in [0.717, 1.165) is 4.90 Å². The molecular formula is C27H20BrCl3N2O5. The molecule has 7 nitrogen and oxygen atoms in total. The quantitative estimate of drug-likeness (QED) is 0.222. The second-order valence-electron chi connectivity index (χ2n) is 10.0. The zero-order valence-corrected chi connectivity index (χ0v) is 23.5. The Labute approximate surface area is 241 Å². The number of hydrogen-bond acceptors (Lipinski definition) is 5. The number of phenolic OH excluding ortho intramolecular Hbond substituents is 1. The molecule has 0 aromatic heterocycles. The number of benzene rings is 2. The van der Waals surface area contributed by atoms with Crippen LogP contribution >= 0.6 is 50.7 Å². The van der Waals surface area contributed by atoms with Crippen LogP contribution < -0.4 is 4.90 Å². The number of nitrogens with zero attached hydrogens (tertiary/aromatic N) is 2. The maximum Gasteiger partial charge on any atom is 0.254 e. The van der Waals surface area contributed by atoms with Gasteiger partial charge >= 0.3 is 0 Å². The van der Waals surface area contributed by atoms with Crippen LogP contribution in [0.15, 0.2) is 60.2 Å². The van der Waals surface area contributed by atoms with Gasteiger partial charge in [0.25, 0.3) is 11.8 Å². The van der Waals surface area contributed by atoms with Crippen molar-refractivity contribution >= 4 is 80.0 Å². The number of para-hydroxylation sites is 1. The van der Waals surface area contributed by atoms with E-state index in [-0.39, 0.29) is 40.9 Å². The van der Waals surface area contributed by atoms with Gasteiger partial charge in [-0.05, 0) is 48.6 Å². The van der Waals surface area contributed by atoms with Gasteiger partial charge in [0.2, 0.25) is 11.8 Å². The Morgan fingerprint density at radius 1 is 0.974 bits per heavy atom. The first-order chi connectivity index (χ1) is 18.1. The van der Waals surface area contributed by atoms with Crippen molar-refractivity contribution in [3.63, 3.8) is 0 Å². The van der Waals surface area contributed by atoms with E-state index >= 15 is 0 Å². The van der Waals surface area contributed by atoms with Crippen LogP contribution in [0.5, 0.6) is 5.75 Å². The number of fused-ring (bicyclic) bond motifs is 4. The van der Waals surface area contributed by atoms with Crippen LogP contribution in [-0.4, -0.2) is 48.8 Å². The third-order valence-electron chi connectivity index (χ3n) is 8.32. The number of anilines is 1. The summed E-state index contributed by atoms with van der Waals surface area (Å²) in [7, 11) is 0. The van der Waals surface area contributed by atoms with Crippen molar-refractivity contribution in [1.29, 1.82) is 0 Å². The fourth-order valence-electron chi connectivity index (χ4n) is 6.68. The molecule has 38 heavy (non-hydrogen) atoms. The molecule has 2 aliphatic heterocycles. The minimum Gasteiger partial charge on any atom is -0.508 e. The minimum absolute atomic E-state index is 0.0875. The van der Waals surface area contributed by atoms with Crippen molar-refractivity contribution in [1.82, 2.24) is 4.90 Å². The summed E-state index contributed by atoms with van der Waals surface area (Å²) in [6.07, 6.45) is 1.99. The topological polar surface area (TPSA) is 95.0 Å². The SMILES string of the molecule is O=C1C2CC=C3C(CC4(Cl)C(=O)N(CBr)C(=O)C4(Cl)C3c3ccc(O)cc3Cl)C2C(=O)N1c1ccccc1. The monoisotopic (exact) mass is 636 g/mol. The summed E-state index contributed by atoms with van der Waals surface area (Å²) < 4.78 is 0. The lowest BCUT2D eigenvalue weighted by Crippen LogP contribution is -2.60. The standard InChI is InChI=1S/C27H20BrCl3N2O5/c28-12-32-24(37)26(30)11-18-15(21(27(26,31)25(32)38)16-7-6-14(34)10-19(16)29)8-9-17-20(18)23(36)33(22(17)35)13-4-2-1-3-5-13/h1-8,10,17-18,20-21,34H,9,11-12H2. The van der Waals surface area contributed by atoms with Crippen molar-refractivity contribution in [3.8, 4) is 5.75 Å². The van der Waals surface area contributed by atoms with Crippen molar-refractivity contribution < 1.29 is 24.3 Å². The molecule has 6 unspecified atom stereocenters. The number of amides is 4. The van der Waals surface area contributed by atoms with E-state index in [1.165, 1.54) is 17.0 Å². The van der Waals surface area contributed by atoms with Crippen molar-refractivity contribution in [2.75, 3.05) is 10.4 Å². The van der Waals surface area contributed by atoms with Crippen molar-refractivity contribution in [2.24, 2.45) is 17.8 Å². The number of alkyl halides is 3. The van der Waals surface area contributed by atoms with Gasteiger partial charge in [-0.3, -0.25) is 29.0 Å². The molecule has 0 radical (unpaired) electrons. The van der Waals surface area contributed by atoms with Gasteiger partial charge in [0.15, 0.2) is 9.75 Å². The van der Waals surface area contributed by atoms with Crippen LogP contribution in [0.2, 0.25) is 5.02 Å². The summed E-state index contributed by atoms with van der Waals surface area (Å²) in [5.41, 5.74) is 1.39. The highest BCUT2D eigenvalue weighted by Gasteiger charge is 2.76. The molecule has 4 amide bonds. The van der Waals surface area contributed by atoms with Gasteiger partial charge in [-0.15, -0.1) is 23.2 Å². The summed E-state index contributed by atoms with van der Waals surface area (Å²) in [5.74, 6) is -5.20. The third-order valence-corrected chi connectivity index (χ3v) is 10.6. The molecule has 2 aromatic carbocycles. The van der Waals surface area contributed by atoms with Crippen LogP contribution in [0, 0.1) is 17.8 Å². The zero-order chi connectivity index (χ0) is 27.1. The molecule has 6 rings (SSSR count). The molecular weight excluding hydrogens is 619 g/mol. The maximum atomic E-state index is 13.9. The number of carbonyl (C=O) groups excluding carboxylic acids is 4. The fourth-order valence-corrected chi connectivity index (χ4v) is 8.38. The summed E-state index contributed by atoms with van der Waals surface area (Å²) in [6, 6.07) is 13.0. The molecule has 2 aromatic rings. The first-order valence-electron chi connectivity index (χ1n) is 12.0. The Bertz CT molecular complexity index is 1450. The molecule has 2 aliphatic carbocycles. The van der Waals surface area contributed by atoms with E-state index in [1.54, 1.807) is 36.4 Å². The number of likely N-dealkylation sites (tertiary alicyclic amines) is 1. The molecule has 3 fully saturated rings. The Balaban J connectivity index is 1.54. The molecule has 0 bridgehead atoms. The second kappa shape index (κ2) is 8.81. The third kappa shape index (κ3) is 3.20. The highest BCUT2D eigenvalue weighted by Crippen LogP contribution is 2.66. The lowest BCUT2D eigenvalue weighted by Gasteiger charge is -2.51. The molecule has 11 heteroatoms. The number of phenols is 1. The smallest absolute Gasteiger partial charge is 0.254 e. The Morgan fingerprint density at radius 3 is 2.34 bits per heavy atom. The Kier molecular flexibility index (Phi) is 6.00. The van der Waals surface area contributed by atoms with Crippen LogP contribution in [0.4, 0.5) is 5.69 Å². The highest BCUT2D eigenvalue weighted by molar-refractivity contribution is 9.09. The number of rotatable bonds is 3. The van der Waals surface area contributed by atoms with Gasteiger partial charge in [-0.1, -0.05) is 63.4 Å². The molecule has 1 saturated carbocycles. The number of aromatic hydroxyl groups is 1. The Morgan fingerprint density at radius 2 is 1.68 bits per heavy atom. The van der Waals surface area contributed by atoms with Crippen LogP contribution in [0.1, 0.15) is 24.3 Å². The van der Waals surface area contributed by atoms with Crippen LogP contribution in [0.25, 0.3) is 0 Å². The number of carbonyl (C=O) groups is 4. The lowest BCUT2D eigenvalue weighted by atomic mass is 9.56. The first-order valence-corrected chi connectivity index (χ1v) is 14.2. The number of allylic oxidation sites excluding steroid dienone is 2. The van der Waals surface area contributed by atoms with E-state index in [9.17, 15) is 24.3 Å². The highest BCUT2D eigenvalue weighted by atomic mass is 79.9. The summed E-state index contributed by atoms with van der Waals surface area (Å²) >= 11 is 24.1. The van der Waals surface area contributed by atoms with E-state index in [0.29, 0.717) is 16.8 Å². The van der Waals surface area contributed by atoms with Gasteiger partial charge in [0, 0.05) is 10.9 Å². The molecule has 0 spiro atoms. The average molecular weight is 639 g/mol. The maximum absolute atomic E-state index is 13.9. The summed E-state index contributed by atoms with van der Waals surface area (Å²) in [4.78, 5) is 53.0. The first kappa shape index (κ1) is 25.9. The lowest BCUT2D eigenvalue weighted by molar-refractivity contribution is -0.138. The van der Waals surface area contributed by atoms with E-state index < -0.39 is 45.2 Å². The number of imide groups is 2. The van der Waals surface area contributed by atoms with E-state index in [4.69, 9.17) is 34.8 Å². The van der Waals surface area contributed by atoms with Crippen molar-refractivity contribution in [3.05, 3.63) is 70.8 Å². The van der Waals surface area contributed by atoms with E-state index in [1.807, 2.05) is 6.08 Å². The van der Waals surface area contributed by atoms with E-state index in [2.05, 4.69) is 15.9 Å². The zero-order valence-electron chi connectivity index (χ0n) is 19.6. The normalized spacial score (nSPS) is 34.3. The van der Waals surface area contributed by atoms with Crippen molar-refractivity contribution in [2.45, 2.75) is 28.5 Å². The van der Waals surface area contributed by atoms with Gasteiger partial charge < -0.3 is 5.11 Å². The molecule has 6 atom stereocenters. The predicted octanol–water partition coefficient (Wildman–Crippen LogP) is 4.96. The van der Waals surface area contributed by atoms with Gasteiger partial charge in [0.05, 0.1) is 23.0 Å². The predicted molar refractivity (Wildman–Crippen MR) is 145 cm³/mol. The van der Waals surface area contributed by atoms with Crippen LogP contribution in [0.3, 0.4) is 0 Å². The summed E-state index contributed by atoms with van der Waals surface area (Å²) in [6.45, 7) is 0.